The summed E-state index contributed by atoms with van der Waals surface area (Å²) in [4.78, 5) is 0. The summed E-state index contributed by atoms with van der Waals surface area (Å²) in [7, 11) is 1.60. The molecular weight excluding hydrogens is 226 g/mol. The molecule has 0 heterocycles. The zero-order valence-corrected chi connectivity index (χ0v) is 10.2. The zero-order chi connectivity index (χ0) is 10.8. The van der Waals surface area contributed by atoms with E-state index in [4.69, 9.17) is 10.5 Å². The molecule has 0 bridgehead atoms. The van der Waals surface area contributed by atoms with Crippen LogP contribution >= 0.6 is 12.4 Å². The number of hydrogen-bond acceptors (Lipinski definition) is 3. The van der Waals surface area contributed by atoms with Gasteiger partial charge < -0.3 is 15.6 Å². The third kappa shape index (κ3) is 2.25. The predicted octanol–water partition coefficient (Wildman–Crippen LogP) is 2.62. The first-order valence-corrected chi connectivity index (χ1v) is 5.35. The van der Waals surface area contributed by atoms with E-state index < -0.39 is 0 Å². The minimum Gasteiger partial charge on any atom is -0.507 e. The Morgan fingerprint density at radius 3 is 2.62 bits per heavy atom. The van der Waals surface area contributed by atoms with Crippen molar-refractivity contribution < 1.29 is 9.84 Å². The summed E-state index contributed by atoms with van der Waals surface area (Å²) in [5, 5.41) is 9.80. The lowest BCUT2D eigenvalue weighted by atomic mass is 9.77. The highest BCUT2D eigenvalue weighted by Gasteiger charge is 2.29. The number of phenolic OH excluding ortho intramolecular Hbond substituents is 1. The van der Waals surface area contributed by atoms with E-state index in [1.54, 1.807) is 19.2 Å². The van der Waals surface area contributed by atoms with E-state index in [0.717, 1.165) is 18.4 Å². The number of phenols is 1. The third-order valence-corrected chi connectivity index (χ3v) is 3.25. The average Bonchev–Trinajstić information content (AvgIpc) is 2.14. The van der Waals surface area contributed by atoms with Gasteiger partial charge in [-0.3, -0.25) is 0 Å². The fraction of sp³-hybridized carbons (Fsp3) is 0.500. The number of aromatic hydroxyl groups is 1. The van der Waals surface area contributed by atoms with Crippen LogP contribution in [0.2, 0.25) is 0 Å². The van der Waals surface area contributed by atoms with Gasteiger partial charge >= 0.3 is 0 Å². The molecule has 0 aliphatic heterocycles. The molecule has 0 amide bonds. The van der Waals surface area contributed by atoms with Gasteiger partial charge in [0.15, 0.2) is 0 Å². The van der Waals surface area contributed by atoms with E-state index in [-0.39, 0.29) is 24.2 Å². The smallest absolute Gasteiger partial charge is 0.127 e. The molecule has 2 rings (SSSR count). The molecule has 0 radical (unpaired) electrons. The highest BCUT2D eigenvalue weighted by molar-refractivity contribution is 5.85. The van der Waals surface area contributed by atoms with Gasteiger partial charge in [0.25, 0.3) is 0 Å². The van der Waals surface area contributed by atoms with Crippen molar-refractivity contribution in [1.82, 2.24) is 0 Å². The van der Waals surface area contributed by atoms with Gasteiger partial charge in [0.05, 0.1) is 12.7 Å². The SMILES string of the molecule is COc1cccc(O)c1[C@H](N)C1CCC1.Cl. The molecule has 0 aromatic heterocycles. The molecule has 3 nitrogen and oxygen atoms in total. The van der Waals surface area contributed by atoms with Crippen LogP contribution in [0.25, 0.3) is 0 Å². The molecule has 1 aliphatic carbocycles. The van der Waals surface area contributed by atoms with E-state index in [0.29, 0.717) is 11.7 Å². The molecule has 1 aliphatic rings. The summed E-state index contributed by atoms with van der Waals surface area (Å²) >= 11 is 0. The minimum atomic E-state index is -0.102. The fourth-order valence-corrected chi connectivity index (χ4v) is 2.08. The van der Waals surface area contributed by atoms with E-state index in [1.807, 2.05) is 6.07 Å². The van der Waals surface area contributed by atoms with E-state index in [9.17, 15) is 5.11 Å². The lowest BCUT2D eigenvalue weighted by Gasteiger charge is -2.32. The van der Waals surface area contributed by atoms with Crippen molar-refractivity contribution in [2.75, 3.05) is 7.11 Å². The molecule has 1 atom stereocenters. The summed E-state index contributed by atoms with van der Waals surface area (Å²) in [6, 6.07) is 5.17. The van der Waals surface area contributed by atoms with Crippen molar-refractivity contribution in [3.05, 3.63) is 23.8 Å². The van der Waals surface area contributed by atoms with Gasteiger partial charge in [0.1, 0.15) is 11.5 Å². The first-order valence-electron chi connectivity index (χ1n) is 5.35. The maximum absolute atomic E-state index is 9.80. The number of methoxy groups -OCH3 is 1. The van der Waals surface area contributed by atoms with Gasteiger partial charge in [0.2, 0.25) is 0 Å². The van der Waals surface area contributed by atoms with E-state index in [2.05, 4.69) is 0 Å². The number of nitrogens with two attached hydrogens (primary N) is 1. The number of ether oxygens (including phenoxy) is 1. The minimum absolute atomic E-state index is 0. The summed E-state index contributed by atoms with van der Waals surface area (Å²) in [5.41, 5.74) is 6.89. The van der Waals surface area contributed by atoms with Crippen molar-refractivity contribution in [3.63, 3.8) is 0 Å². The van der Waals surface area contributed by atoms with Crippen LogP contribution in [0.5, 0.6) is 11.5 Å². The van der Waals surface area contributed by atoms with Crippen LogP contribution in [0.15, 0.2) is 18.2 Å². The molecule has 16 heavy (non-hydrogen) atoms. The predicted molar refractivity (Wildman–Crippen MR) is 66.2 cm³/mol. The van der Waals surface area contributed by atoms with Crippen LogP contribution in [-0.2, 0) is 0 Å². The van der Waals surface area contributed by atoms with Gasteiger partial charge in [0, 0.05) is 6.04 Å². The number of rotatable bonds is 3. The third-order valence-electron chi connectivity index (χ3n) is 3.25. The maximum atomic E-state index is 9.80. The fourth-order valence-electron chi connectivity index (χ4n) is 2.08. The van der Waals surface area contributed by atoms with Gasteiger partial charge in [-0.15, -0.1) is 12.4 Å². The molecule has 3 N–H and O–H groups in total. The molecule has 4 heteroatoms. The van der Waals surface area contributed by atoms with Crippen LogP contribution in [0, 0.1) is 5.92 Å². The number of halogens is 1. The monoisotopic (exact) mass is 243 g/mol. The van der Waals surface area contributed by atoms with Crippen LogP contribution in [0.4, 0.5) is 0 Å². The Bertz CT molecular complexity index is 353. The second kappa shape index (κ2) is 5.41. The second-order valence-corrected chi connectivity index (χ2v) is 4.11. The van der Waals surface area contributed by atoms with Crippen molar-refractivity contribution in [3.8, 4) is 11.5 Å². The lowest BCUT2D eigenvalue weighted by Crippen LogP contribution is -2.27. The van der Waals surface area contributed by atoms with Gasteiger partial charge in [-0.25, -0.2) is 0 Å². The Balaban J connectivity index is 0.00000128. The lowest BCUT2D eigenvalue weighted by molar-refractivity contribution is 0.255. The topological polar surface area (TPSA) is 55.5 Å². The summed E-state index contributed by atoms with van der Waals surface area (Å²) in [6.07, 6.45) is 3.55. The molecule has 1 aromatic carbocycles. The molecule has 0 saturated heterocycles. The van der Waals surface area contributed by atoms with Gasteiger partial charge in [-0.05, 0) is 30.9 Å². The van der Waals surface area contributed by atoms with Crippen molar-refractivity contribution in [2.45, 2.75) is 25.3 Å². The van der Waals surface area contributed by atoms with E-state index in [1.165, 1.54) is 6.42 Å². The Labute approximate surface area is 102 Å². The molecule has 1 aromatic rings. The van der Waals surface area contributed by atoms with Crippen molar-refractivity contribution in [1.29, 1.82) is 0 Å². The molecule has 1 fully saturated rings. The zero-order valence-electron chi connectivity index (χ0n) is 9.35. The van der Waals surface area contributed by atoms with Crippen LogP contribution < -0.4 is 10.5 Å². The summed E-state index contributed by atoms with van der Waals surface area (Å²) in [5.74, 6) is 1.43. The number of hydrogen-bond donors (Lipinski definition) is 2. The average molecular weight is 244 g/mol. The number of benzene rings is 1. The van der Waals surface area contributed by atoms with Gasteiger partial charge in [-0.1, -0.05) is 12.5 Å². The Morgan fingerprint density at radius 1 is 1.44 bits per heavy atom. The summed E-state index contributed by atoms with van der Waals surface area (Å²) in [6.45, 7) is 0. The first-order chi connectivity index (χ1) is 7.24. The van der Waals surface area contributed by atoms with E-state index >= 15 is 0 Å². The quantitative estimate of drug-likeness (QED) is 0.858. The molecule has 1 saturated carbocycles. The van der Waals surface area contributed by atoms with Gasteiger partial charge in [-0.2, -0.15) is 0 Å². The first kappa shape index (κ1) is 13.1. The Kier molecular flexibility index (Phi) is 4.44. The highest BCUT2D eigenvalue weighted by Crippen LogP contribution is 2.42. The standard InChI is InChI=1S/C12H17NO2.ClH/c1-15-10-7-3-6-9(14)11(10)12(13)8-4-2-5-8;/h3,6-8,12,14H,2,4-5,13H2,1H3;1H/t12-;/m1./s1. The molecule has 90 valence electrons. The van der Waals surface area contributed by atoms with Crippen molar-refractivity contribution >= 4 is 12.4 Å². The molecule has 0 unspecified atom stereocenters. The second-order valence-electron chi connectivity index (χ2n) is 4.11. The molecule has 0 spiro atoms. The highest BCUT2D eigenvalue weighted by atomic mass is 35.5. The van der Waals surface area contributed by atoms with Crippen LogP contribution in [0.1, 0.15) is 30.9 Å². The molecular formula is C12H18ClNO2. The largest absolute Gasteiger partial charge is 0.507 e. The Morgan fingerprint density at radius 2 is 2.12 bits per heavy atom. The maximum Gasteiger partial charge on any atom is 0.127 e. The van der Waals surface area contributed by atoms with Crippen LogP contribution in [0.3, 0.4) is 0 Å². The summed E-state index contributed by atoms with van der Waals surface area (Å²) < 4.78 is 5.23. The van der Waals surface area contributed by atoms with Crippen LogP contribution in [-0.4, -0.2) is 12.2 Å². The normalized spacial score (nSPS) is 17.1. The Hall–Kier alpha value is -0.930. The van der Waals surface area contributed by atoms with Crippen molar-refractivity contribution in [2.24, 2.45) is 11.7 Å².